The van der Waals surface area contributed by atoms with Gasteiger partial charge in [-0.05, 0) is 76.1 Å². The fourth-order valence-corrected chi connectivity index (χ4v) is 5.55. The molecule has 0 bridgehead atoms. The molecule has 1 aliphatic rings. The second-order valence-corrected chi connectivity index (χ2v) is 12.8. The van der Waals surface area contributed by atoms with Crippen LogP contribution in [0, 0.1) is 0 Å². The van der Waals surface area contributed by atoms with Gasteiger partial charge in [0, 0.05) is 31.3 Å². The van der Waals surface area contributed by atoms with Gasteiger partial charge in [-0.3, -0.25) is 9.59 Å². The number of nitrogens with zero attached hydrogens (tertiary/aromatic N) is 1. The van der Waals surface area contributed by atoms with Gasteiger partial charge >= 0.3 is 12.1 Å². The van der Waals surface area contributed by atoms with Gasteiger partial charge in [0.1, 0.15) is 23.2 Å². The minimum atomic E-state index is -0.829. The Morgan fingerprint density at radius 3 is 2.02 bits per heavy atom. The van der Waals surface area contributed by atoms with Crippen molar-refractivity contribution in [3.05, 3.63) is 76.9 Å². The van der Waals surface area contributed by atoms with Crippen LogP contribution in [0.2, 0.25) is 0 Å². The molecule has 1 saturated heterocycles. The van der Waals surface area contributed by atoms with Crippen LogP contribution in [-0.4, -0.2) is 102 Å². The van der Waals surface area contributed by atoms with E-state index in [0.29, 0.717) is 42.2 Å². The van der Waals surface area contributed by atoms with E-state index in [1.807, 2.05) is 0 Å². The number of amides is 2. The molecule has 0 saturated carbocycles. The molecule has 14 nitrogen and oxygen atoms in total. The van der Waals surface area contributed by atoms with Crippen molar-refractivity contribution in [1.29, 1.82) is 0 Å². The molecule has 0 spiro atoms. The lowest BCUT2D eigenvalue weighted by Gasteiger charge is -2.30. The van der Waals surface area contributed by atoms with Crippen LogP contribution in [0.15, 0.2) is 54.6 Å². The van der Waals surface area contributed by atoms with Crippen LogP contribution < -0.4 is 29.0 Å². The van der Waals surface area contributed by atoms with Gasteiger partial charge in [-0.2, -0.15) is 0 Å². The summed E-state index contributed by atoms with van der Waals surface area (Å²) >= 11 is 0. The van der Waals surface area contributed by atoms with Crippen LogP contribution in [-0.2, 0) is 14.2 Å². The predicted molar refractivity (Wildman–Crippen MR) is 189 cm³/mol. The Morgan fingerprint density at radius 2 is 1.44 bits per heavy atom. The third-order valence-electron chi connectivity index (χ3n) is 8.08. The topological polar surface area (TPSA) is 157 Å². The zero-order valence-corrected chi connectivity index (χ0v) is 30.7. The van der Waals surface area contributed by atoms with Crippen molar-refractivity contribution >= 4 is 23.8 Å². The van der Waals surface area contributed by atoms with Crippen molar-refractivity contribution < 1.29 is 57.1 Å². The van der Waals surface area contributed by atoms with Crippen molar-refractivity contribution in [3.8, 4) is 28.7 Å². The van der Waals surface area contributed by atoms with Crippen molar-refractivity contribution in [3.63, 3.8) is 0 Å². The fraction of sp³-hybridized carbons (Fsp3) is 0.421. The summed E-state index contributed by atoms with van der Waals surface area (Å²) < 4.78 is 43.7. The summed E-state index contributed by atoms with van der Waals surface area (Å²) in [5.74, 6) is 0.0910. The van der Waals surface area contributed by atoms with Crippen LogP contribution in [0.4, 0.5) is 4.79 Å². The van der Waals surface area contributed by atoms with Crippen molar-refractivity contribution in [2.45, 2.75) is 51.4 Å². The highest BCUT2D eigenvalue weighted by atomic mass is 16.7. The molecule has 14 heteroatoms. The fourth-order valence-electron chi connectivity index (χ4n) is 5.55. The first-order valence-electron chi connectivity index (χ1n) is 16.6. The van der Waals surface area contributed by atoms with E-state index in [4.69, 9.17) is 37.9 Å². The number of nitrogens with one attached hydrogen (secondary N) is 1. The molecule has 0 aromatic heterocycles. The minimum Gasteiger partial charge on any atom is -0.497 e. The van der Waals surface area contributed by atoms with Gasteiger partial charge in [0.15, 0.2) is 24.1 Å². The zero-order valence-electron chi connectivity index (χ0n) is 30.7. The van der Waals surface area contributed by atoms with E-state index in [1.165, 1.54) is 76.8 Å². The van der Waals surface area contributed by atoms with Crippen molar-refractivity contribution in [1.82, 2.24) is 10.2 Å². The SMILES string of the molecule is COCOc1ccc(OC)cc1C(=O)c1ccc(C(=O)O[C@@H]2CCCN(C(=O)OC(C)(C)C)C[C@H]2NC(=O)c2cc(OC)c(OC)c(OC)c2)cc1. The van der Waals surface area contributed by atoms with Crippen LogP contribution in [0.25, 0.3) is 0 Å². The maximum Gasteiger partial charge on any atom is 0.410 e. The van der Waals surface area contributed by atoms with E-state index in [0.717, 1.165) is 0 Å². The molecular formula is C38H46N2O12. The summed E-state index contributed by atoms with van der Waals surface area (Å²) in [7, 11) is 7.30. The average molecular weight is 723 g/mol. The van der Waals surface area contributed by atoms with Crippen LogP contribution >= 0.6 is 0 Å². The molecule has 1 N–H and O–H groups in total. The summed E-state index contributed by atoms with van der Waals surface area (Å²) in [6.07, 6.45) is -0.583. The largest absolute Gasteiger partial charge is 0.497 e. The molecular weight excluding hydrogens is 676 g/mol. The lowest BCUT2D eigenvalue weighted by Crippen LogP contribution is -2.51. The number of esters is 1. The minimum absolute atomic E-state index is 0.00444. The standard InChI is InChI=1S/C38H46N2O12/c1-38(2,3)52-37(44)40-17-9-10-30(28(21-40)39-35(42)25-18-31(47-6)34(49-8)32(19-25)48-7)51-36(43)24-13-11-23(12-14-24)33(41)27-20-26(46-5)15-16-29(27)50-22-45-4/h11-16,18-20,28,30H,9-10,17,21-22H2,1-8H3,(H,39,42)/t28-,30-/m1/s1. The molecule has 280 valence electrons. The normalized spacial score (nSPS) is 15.8. The van der Waals surface area contributed by atoms with Crippen LogP contribution in [0.1, 0.15) is 70.3 Å². The molecule has 1 heterocycles. The number of methoxy groups -OCH3 is 5. The van der Waals surface area contributed by atoms with Crippen molar-refractivity contribution in [2.75, 3.05) is 55.4 Å². The van der Waals surface area contributed by atoms with E-state index in [1.54, 1.807) is 39.0 Å². The third kappa shape index (κ3) is 9.84. The first-order chi connectivity index (χ1) is 24.8. The van der Waals surface area contributed by atoms with E-state index in [9.17, 15) is 19.2 Å². The molecule has 52 heavy (non-hydrogen) atoms. The maximum atomic E-state index is 13.7. The molecule has 4 rings (SSSR count). The Morgan fingerprint density at radius 1 is 0.788 bits per heavy atom. The number of likely N-dealkylation sites (tertiary alicyclic amines) is 1. The number of ketones is 1. The number of carbonyl (C=O) groups excluding carboxylic acids is 4. The van der Waals surface area contributed by atoms with E-state index in [2.05, 4.69) is 5.32 Å². The van der Waals surface area contributed by atoms with Gasteiger partial charge in [0.2, 0.25) is 5.75 Å². The highest BCUT2D eigenvalue weighted by Gasteiger charge is 2.35. The Kier molecular flexibility index (Phi) is 13.3. The quantitative estimate of drug-likeness (QED) is 0.138. The van der Waals surface area contributed by atoms with Gasteiger partial charge in [0.25, 0.3) is 5.91 Å². The number of hydrogen-bond donors (Lipinski definition) is 1. The summed E-state index contributed by atoms with van der Waals surface area (Å²) in [6.45, 7) is 5.56. The summed E-state index contributed by atoms with van der Waals surface area (Å²) in [5.41, 5.74) is 0.180. The van der Waals surface area contributed by atoms with Gasteiger partial charge in [0.05, 0.1) is 45.6 Å². The van der Waals surface area contributed by atoms with E-state index in [-0.39, 0.29) is 47.3 Å². The van der Waals surface area contributed by atoms with E-state index < -0.39 is 35.7 Å². The van der Waals surface area contributed by atoms with Gasteiger partial charge in [-0.15, -0.1) is 0 Å². The number of carbonyl (C=O) groups is 4. The first-order valence-corrected chi connectivity index (χ1v) is 16.6. The molecule has 0 unspecified atom stereocenters. The summed E-state index contributed by atoms with van der Waals surface area (Å²) in [4.78, 5) is 55.4. The Bertz CT molecular complexity index is 1710. The maximum absolute atomic E-state index is 13.7. The smallest absolute Gasteiger partial charge is 0.410 e. The number of benzene rings is 3. The second kappa shape index (κ2) is 17.6. The molecule has 2 amide bonds. The molecule has 0 radical (unpaired) electrons. The van der Waals surface area contributed by atoms with Crippen molar-refractivity contribution in [2.24, 2.45) is 0 Å². The summed E-state index contributed by atoms with van der Waals surface area (Å²) in [5, 5.41) is 2.95. The molecule has 0 aliphatic carbocycles. The van der Waals surface area contributed by atoms with Gasteiger partial charge < -0.3 is 48.1 Å². The molecule has 1 fully saturated rings. The molecule has 2 atom stereocenters. The Balaban J connectivity index is 1.58. The lowest BCUT2D eigenvalue weighted by atomic mass is 10.0. The molecule has 3 aromatic carbocycles. The number of rotatable bonds is 13. The molecule has 3 aromatic rings. The number of hydrogen-bond acceptors (Lipinski definition) is 12. The average Bonchev–Trinajstić information content (AvgIpc) is 3.33. The lowest BCUT2D eigenvalue weighted by molar-refractivity contribution is 0.0127. The predicted octanol–water partition coefficient (Wildman–Crippen LogP) is 5.29. The highest BCUT2D eigenvalue weighted by Crippen LogP contribution is 2.38. The monoisotopic (exact) mass is 722 g/mol. The van der Waals surface area contributed by atoms with Gasteiger partial charge in [-0.25, -0.2) is 9.59 Å². The second-order valence-electron chi connectivity index (χ2n) is 12.8. The van der Waals surface area contributed by atoms with Crippen LogP contribution in [0.5, 0.6) is 28.7 Å². The van der Waals surface area contributed by atoms with Crippen LogP contribution in [0.3, 0.4) is 0 Å². The number of ether oxygens (including phenoxy) is 8. The van der Waals surface area contributed by atoms with E-state index >= 15 is 0 Å². The summed E-state index contributed by atoms with van der Waals surface area (Å²) in [6, 6.07) is 13.0. The zero-order chi connectivity index (χ0) is 38.0. The van der Waals surface area contributed by atoms with Gasteiger partial charge in [-0.1, -0.05) is 12.1 Å². The first kappa shape index (κ1) is 39.3. The molecule has 1 aliphatic heterocycles. The third-order valence-corrected chi connectivity index (χ3v) is 8.08. The highest BCUT2D eigenvalue weighted by molar-refractivity contribution is 6.11. The Labute approximate surface area is 303 Å². The Hall–Kier alpha value is -5.50.